The topological polar surface area (TPSA) is 38.7 Å². The van der Waals surface area contributed by atoms with Gasteiger partial charge in [-0.2, -0.15) is 0 Å². The van der Waals surface area contributed by atoms with Crippen LogP contribution in [0.5, 0.6) is 0 Å². The van der Waals surface area contributed by atoms with Crippen molar-refractivity contribution in [2.75, 3.05) is 13.2 Å². The van der Waals surface area contributed by atoms with Crippen molar-refractivity contribution < 1.29 is 14.6 Å². The second kappa shape index (κ2) is 5.98. The Morgan fingerprint density at radius 3 is 3.08 bits per heavy atom. The van der Waals surface area contributed by atoms with E-state index < -0.39 is 6.10 Å². The second-order valence-electron chi connectivity index (χ2n) is 3.14. The molecule has 1 aliphatic heterocycles. The SMILES string of the molecule is C#C[C@@H](O)CCOC1CCCCO1. The fraction of sp³-hybridized carbons (Fsp3) is 0.800. The predicted molar refractivity (Wildman–Crippen MR) is 49.0 cm³/mol. The van der Waals surface area contributed by atoms with E-state index in [0.29, 0.717) is 13.0 Å². The Hall–Kier alpha value is -0.560. The van der Waals surface area contributed by atoms with Crippen molar-refractivity contribution in [2.45, 2.75) is 38.1 Å². The number of aliphatic hydroxyl groups excluding tert-OH is 1. The third kappa shape index (κ3) is 4.28. The maximum atomic E-state index is 9.03. The van der Waals surface area contributed by atoms with Crippen LogP contribution in [0, 0.1) is 12.3 Å². The van der Waals surface area contributed by atoms with Crippen molar-refractivity contribution in [1.29, 1.82) is 0 Å². The van der Waals surface area contributed by atoms with Gasteiger partial charge in [0.15, 0.2) is 6.29 Å². The molecule has 0 bridgehead atoms. The molecule has 0 saturated carbocycles. The average molecular weight is 184 g/mol. The van der Waals surface area contributed by atoms with Gasteiger partial charge >= 0.3 is 0 Å². The van der Waals surface area contributed by atoms with E-state index in [1.165, 1.54) is 0 Å². The van der Waals surface area contributed by atoms with Crippen LogP contribution in [0.1, 0.15) is 25.7 Å². The Labute approximate surface area is 79.0 Å². The predicted octanol–water partition coefficient (Wildman–Crippen LogP) is 0.914. The van der Waals surface area contributed by atoms with Crippen LogP contribution in [0.25, 0.3) is 0 Å². The fourth-order valence-electron chi connectivity index (χ4n) is 1.24. The normalized spacial score (nSPS) is 25.1. The summed E-state index contributed by atoms with van der Waals surface area (Å²) in [6, 6.07) is 0. The highest BCUT2D eigenvalue weighted by Crippen LogP contribution is 2.13. The number of hydrogen-bond donors (Lipinski definition) is 1. The molecule has 74 valence electrons. The van der Waals surface area contributed by atoms with Crippen LogP contribution in [0.4, 0.5) is 0 Å². The largest absolute Gasteiger partial charge is 0.380 e. The monoisotopic (exact) mass is 184 g/mol. The molecule has 0 aromatic heterocycles. The van der Waals surface area contributed by atoms with Gasteiger partial charge in [-0.1, -0.05) is 5.92 Å². The van der Waals surface area contributed by atoms with Gasteiger partial charge in [0.05, 0.1) is 6.61 Å². The minimum absolute atomic E-state index is 0.0845. The number of hydrogen-bond acceptors (Lipinski definition) is 3. The summed E-state index contributed by atoms with van der Waals surface area (Å²) in [5.74, 6) is 2.24. The molecule has 0 aliphatic carbocycles. The first-order chi connectivity index (χ1) is 6.33. The van der Waals surface area contributed by atoms with Crippen molar-refractivity contribution >= 4 is 0 Å². The average Bonchev–Trinajstić information content (AvgIpc) is 2.19. The Morgan fingerprint density at radius 2 is 2.46 bits per heavy atom. The Kier molecular flexibility index (Phi) is 4.84. The third-order valence-electron chi connectivity index (χ3n) is 2.03. The smallest absolute Gasteiger partial charge is 0.157 e. The Balaban J connectivity index is 2.02. The van der Waals surface area contributed by atoms with E-state index in [2.05, 4.69) is 5.92 Å². The number of aliphatic hydroxyl groups is 1. The molecular formula is C10H16O3. The van der Waals surface area contributed by atoms with Crippen LogP contribution in [0.2, 0.25) is 0 Å². The van der Waals surface area contributed by atoms with Gasteiger partial charge in [0.1, 0.15) is 6.10 Å². The van der Waals surface area contributed by atoms with E-state index in [1.54, 1.807) is 0 Å². The number of ether oxygens (including phenoxy) is 2. The van der Waals surface area contributed by atoms with Gasteiger partial charge in [-0.05, 0) is 19.3 Å². The minimum atomic E-state index is -0.691. The van der Waals surface area contributed by atoms with E-state index >= 15 is 0 Å². The van der Waals surface area contributed by atoms with Crippen molar-refractivity contribution in [3.8, 4) is 12.3 Å². The molecule has 3 heteroatoms. The van der Waals surface area contributed by atoms with Crippen LogP contribution in [0.3, 0.4) is 0 Å². The van der Waals surface area contributed by atoms with Gasteiger partial charge in [-0.25, -0.2) is 0 Å². The lowest BCUT2D eigenvalue weighted by atomic mass is 10.2. The summed E-state index contributed by atoms with van der Waals surface area (Å²) in [4.78, 5) is 0. The molecule has 0 aromatic carbocycles. The summed E-state index contributed by atoms with van der Waals surface area (Å²) in [5.41, 5.74) is 0. The van der Waals surface area contributed by atoms with Gasteiger partial charge in [-0.15, -0.1) is 6.42 Å². The molecule has 1 saturated heterocycles. The molecule has 3 nitrogen and oxygen atoms in total. The maximum absolute atomic E-state index is 9.03. The van der Waals surface area contributed by atoms with Gasteiger partial charge in [-0.3, -0.25) is 0 Å². The summed E-state index contributed by atoms with van der Waals surface area (Å²) >= 11 is 0. The molecule has 0 spiro atoms. The lowest BCUT2D eigenvalue weighted by molar-refractivity contribution is -0.164. The van der Waals surface area contributed by atoms with E-state index in [4.69, 9.17) is 21.0 Å². The van der Waals surface area contributed by atoms with Crippen molar-refractivity contribution in [3.63, 3.8) is 0 Å². The molecule has 13 heavy (non-hydrogen) atoms. The third-order valence-corrected chi connectivity index (χ3v) is 2.03. The van der Waals surface area contributed by atoms with E-state index in [0.717, 1.165) is 25.9 Å². The van der Waals surface area contributed by atoms with Crippen molar-refractivity contribution in [1.82, 2.24) is 0 Å². The van der Waals surface area contributed by atoms with Crippen LogP contribution < -0.4 is 0 Å². The zero-order valence-corrected chi connectivity index (χ0v) is 7.74. The van der Waals surface area contributed by atoms with E-state index in [1.807, 2.05) is 0 Å². The molecular weight excluding hydrogens is 168 g/mol. The highest BCUT2D eigenvalue weighted by molar-refractivity contribution is 4.92. The molecule has 1 aliphatic rings. The van der Waals surface area contributed by atoms with Crippen LogP contribution in [0.15, 0.2) is 0 Å². The molecule has 1 rings (SSSR count). The Bertz CT molecular complexity index is 167. The first-order valence-electron chi connectivity index (χ1n) is 4.70. The van der Waals surface area contributed by atoms with Gasteiger partial charge in [0, 0.05) is 13.0 Å². The zero-order valence-electron chi connectivity index (χ0n) is 7.74. The van der Waals surface area contributed by atoms with Crippen LogP contribution in [-0.2, 0) is 9.47 Å². The first-order valence-corrected chi connectivity index (χ1v) is 4.70. The lowest BCUT2D eigenvalue weighted by Gasteiger charge is -2.22. The molecule has 1 fully saturated rings. The molecule has 1 N–H and O–H groups in total. The summed E-state index contributed by atoms with van der Waals surface area (Å²) < 4.78 is 10.7. The molecule has 2 atom stereocenters. The molecule has 1 unspecified atom stereocenters. The molecule has 0 amide bonds. The molecule has 0 aromatic rings. The quantitative estimate of drug-likeness (QED) is 0.660. The molecule has 0 radical (unpaired) electrons. The lowest BCUT2D eigenvalue weighted by Crippen LogP contribution is -2.23. The maximum Gasteiger partial charge on any atom is 0.157 e. The summed E-state index contributed by atoms with van der Waals surface area (Å²) in [6.07, 6.45) is 7.93. The van der Waals surface area contributed by atoms with Gasteiger partial charge < -0.3 is 14.6 Å². The zero-order chi connectivity index (χ0) is 9.52. The number of rotatable bonds is 4. The summed E-state index contributed by atoms with van der Waals surface area (Å²) in [5, 5.41) is 9.03. The first kappa shape index (κ1) is 10.5. The molecule has 1 heterocycles. The second-order valence-corrected chi connectivity index (χ2v) is 3.14. The summed E-state index contributed by atoms with van der Waals surface area (Å²) in [6.45, 7) is 1.25. The van der Waals surface area contributed by atoms with E-state index in [9.17, 15) is 0 Å². The highest BCUT2D eigenvalue weighted by atomic mass is 16.7. The minimum Gasteiger partial charge on any atom is -0.380 e. The van der Waals surface area contributed by atoms with Crippen molar-refractivity contribution in [3.05, 3.63) is 0 Å². The van der Waals surface area contributed by atoms with Crippen molar-refractivity contribution in [2.24, 2.45) is 0 Å². The Morgan fingerprint density at radius 1 is 1.62 bits per heavy atom. The highest BCUT2D eigenvalue weighted by Gasteiger charge is 2.13. The van der Waals surface area contributed by atoms with Gasteiger partial charge in [0.25, 0.3) is 0 Å². The van der Waals surface area contributed by atoms with E-state index in [-0.39, 0.29) is 6.29 Å². The van der Waals surface area contributed by atoms with Crippen LogP contribution >= 0.6 is 0 Å². The standard InChI is InChI=1S/C10H16O3/c1-2-9(11)6-8-13-10-5-3-4-7-12-10/h1,9-11H,3-8H2/t9-,10?/m1/s1. The van der Waals surface area contributed by atoms with Crippen LogP contribution in [-0.4, -0.2) is 30.7 Å². The number of terminal acetylenes is 1. The fourth-order valence-corrected chi connectivity index (χ4v) is 1.24. The van der Waals surface area contributed by atoms with Gasteiger partial charge in [0.2, 0.25) is 0 Å². The summed E-state index contributed by atoms with van der Waals surface area (Å²) in [7, 11) is 0.